The summed E-state index contributed by atoms with van der Waals surface area (Å²) < 4.78 is 41.1. The molecule has 5 aromatic rings. The van der Waals surface area contributed by atoms with Gasteiger partial charge in [-0.3, -0.25) is 24.7 Å². The average Bonchev–Trinajstić information content (AvgIpc) is 3.72. The Morgan fingerprint density at radius 2 is 1.75 bits per heavy atom. The van der Waals surface area contributed by atoms with Crippen molar-refractivity contribution in [2.75, 3.05) is 75.9 Å². The van der Waals surface area contributed by atoms with Gasteiger partial charge in [0.05, 0.1) is 41.5 Å². The van der Waals surface area contributed by atoms with E-state index in [1.807, 2.05) is 23.1 Å². The van der Waals surface area contributed by atoms with Crippen LogP contribution in [0.2, 0.25) is 5.02 Å². The smallest absolute Gasteiger partial charge is 0.293 e. The number of carbonyl (C=O) groups excluding carboxylic acids is 1. The van der Waals surface area contributed by atoms with Crippen molar-refractivity contribution in [3.63, 3.8) is 0 Å². The fourth-order valence-corrected chi connectivity index (χ4v) is 9.26. The number of H-pyrrole nitrogens is 1. The molecule has 3 aliphatic rings. The molecule has 3 aromatic carbocycles. The minimum absolute atomic E-state index is 0.0414. The van der Waals surface area contributed by atoms with E-state index in [0.29, 0.717) is 44.4 Å². The number of nitro groups is 1. The van der Waals surface area contributed by atoms with Crippen molar-refractivity contribution in [3.8, 4) is 11.5 Å². The van der Waals surface area contributed by atoms with Gasteiger partial charge in [-0.25, -0.2) is 18.1 Å². The van der Waals surface area contributed by atoms with Crippen LogP contribution in [0.5, 0.6) is 11.5 Å². The lowest BCUT2D eigenvalue weighted by Crippen LogP contribution is -2.47. The molecule has 0 saturated carbocycles. The second-order valence-electron chi connectivity index (χ2n) is 16.5. The number of benzene rings is 3. The van der Waals surface area contributed by atoms with Crippen molar-refractivity contribution in [1.82, 2.24) is 24.5 Å². The Kier molecular flexibility index (Phi) is 12.3. The van der Waals surface area contributed by atoms with Crippen LogP contribution in [-0.4, -0.2) is 105 Å². The summed E-state index contributed by atoms with van der Waals surface area (Å²) in [6, 6.07) is 20.3. The number of rotatable bonds is 13. The molecule has 2 aromatic heterocycles. The third-order valence-corrected chi connectivity index (χ3v) is 13.2. The van der Waals surface area contributed by atoms with Crippen LogP contribution in [0.3, 0.4) is 0 Å². The van der Waals surface area contributed by atoms with Gasteiger partial charge < -0.3 is 24.7 Å². The van der Waals surface area contributed by atoms with E-state index < -0.39 is 31.4 Å². The third kappa shape index (κ3) is 10.0. The molecule has 0 atom stereocenters. The molecule has 4 heterocycles. The van der Waals surface area contributed by atoms with Crippen molar-refractivity contribution >= 4 is 61.2 Å². The number of aromatic amines is 1. The highest BCUT2D eigenvalue weighted by Crippen LogP contribution is 2.43. The predicted molar refractivity (Wildman–Crippen MR) is 236 cm³/mol. The highest BCUT2D eigenvalue weighted by molar-refractivity contribution is 7.90. The predicted octanol–water partition coefficient (Wildman–Crippen LogP) is 7.52. The molecule has 8 rings (SSSR count). The Hall–Kier alpha value is -5.52. The number of nitrogens with zero attached hydrogens (tertiary/aromatic N) is 5. The second kappa shape index (κ2) is 17.8. The Morgan fingerprint density at radius 3 is 2.51 bits per heavy atom. The van der Waals surface area contributed by atoms with Gasteiger partial charge in [0.15, 0.2) is 0 Å². The summed E-state index contributed by atoms with van der Waals surface area (Å²) in [6.45, 7) is 11.4. The number of allylic oxidation sites excluding steroid dienone is 1. The van der Waals surface area contributed by atoms with Crippen molar-refractivity contribution in [2.45, 2.75) is 38.0 Å². The van der Waals surface area contributed by atoms with E-state index in [1.165, 1.54) is 41.1 Å². The molecule has 0 unspecified atom stereocenters. The van der Waals surface area contributed by atoms with Gasteiger partial charge in [-0.05, 0) is 84.3 Å². The first-order valence-corrected chi connectivity index (χ1v) is 22.3. The molecular weight excluding hydrogens is 820 g/mol. The molecule has 0 bridgehead atoms. The van der Waals surface area contributed by atoms with Gasteiger partial charge in [-0.2, -0.15) is 0 Å². The zero-order valence-corrected chi connectivity index (χ0v) is 35.7. The first-order valence-electron chi connectivity index (χ1n) is 20.4. The topological polar surface area (TPSA) is 175 Å². The molecule has 2 aliphatic heterocycles. The number of anilines is 2. The first kappa shape index (κ1) is 42.2. The van der Waals surface area contributed by atoms with Gasteiger partial charge in [-0.1, -0.05) is 43.2 Å². The zero-order valence-electron chi connectivity index (χ0n) is 34.2. The number of sulfonamides is 1. The van der Waals surface area contributed by atoms with Gasteiger partial charge in [0, 0.05) is 80.2 Å². The van der Waals surface area contributed by atoms with Gasteiger partial charge in [-0.15, -0.1) is 0 Å². The van der Waals surface area contributed by atoms with E-state index in [9.17, 15) is 23.3 Å². The Morgan fingerprint density at radius 1 is 0.984 bits per heavy atom. The fraction of sp³-hybridized carbons (Fsp3) is 0.364. The lowest BCUT2D eigenvalue weighted by atomic mass is 9.72. The molecule has 17 heteroatoms. The number of fused-ring (bicyclic) bond motifs is 1. The minimum atomic E-state index is -4.56. The Bertz CT molecular complexity index is 2570. The summed E-state index contributed by atoms with van der Waals surface area (Å²) in [5.41, 5.74) is 5.47. The minimum Gasteiger partial charge on any atom is -0.455 e. The third-order valence-electron chi connectivity index (χ3n) is 11.6. The highest BCUT2D eigenvalue weighted by Gasteiger charge is 2.30. The van der Waals surface area contributed by atoms with Crippen molar-refractivity contribution in [3.05, 3.63) is 117 Å². The summed E-state index contributed by atoms with van der Waals surface area (Å²) in [4.78, 5) is 39.1. The quantitative estimate of drug-likeness (QED) is 0.0786. The van der Waals surface area contributed by atoms with E-state index in [4.69, 9.17) is 21.1 Å². The number of piperazine rings is 1. The largest absolute Gasteiger partial charge is 0.455 e. The van der Waals surface area contributed by atoms with Crippen LogP contribution in [-0.2, 0) is 14.8 Å². The van der Waals surface area contributed by atoms with Gasteiger partial charge in [0.1, 0.15) is 22.8 Å². The highest BCUT2D eigenvalue weighted by atomic mass is 35.5. The average molecular weight is 869 g/mol. The Labute approximate surface area is 359 Å². The van der Waals surface area contributed by atoms with Crippen molar-refractivity contribution in [1.29, 1.82) is 0 Å². The lowest BCUT2D eigenvalue weighted by Gasteiger charge is -2.39. The molecule has 320 valence electrons. The maximum Gasteiger partial charge on any atom is 0.293 e. The number of hydrogen-bond acceptors (Lipinski definition) is 12. The summed E-state index contributed by atoms with van der Waals surface area (Å²) >= 11 is 6.24. The van der Waals surface area contributed by atoms with E-state index in [2.05, 4.69) is 55.8 Å². The van der Waals surface area contributed by atoms with Crippen molar-refractivity contribution in [2.24, 2.45) is 5.41 Å². The monoisotopic (exact) mass is 868 g/mol. The van der Waals surface area contributed by atoms with E-state index in [-0.39, 0.29) is 22.4 Å². The number of nitro benzene ring substituents is 1. The number of hydrogen-bond donors (Lipinski definition) is 3. The molecule has 3 N–H and O–H groups in total. The SMILES string of the molecule is CC1(C)CCC(CN2CCN(c3ccc(C(=O)NS(=O)(=O)c4ccc(NCN5CCOCC5)c([N+](=O)[O-])c4)c(Oc4cnc5[nH]ccc5c4)c3)CC2)=C(c2ccc(Cl)cc2)C1. The summed E-state index contributed by atoms with van der Waals surface area (Å²) in [7, 11) is -4.56. The molecule has 1 aliphatic carbocycles. The number of pyridine rings is 1. The summed E-state index contributed by atoms with van der Waals surface area (Å²) in [5, 5.41) is 16.6. The maximum absolute atomic E-state index is 13.9. The molecule has 0 spiro atoms. The lowest BCUT2D eigenvalue weighted by molar-refractivity contribution is -0.384. The van der Waals surface area contributed by atoms with Gasteiger partial charge in [0.25, 0.3) is 21.6 Å². The van der Waals surface area contributed by atoms with Crippen LogP contribution < -0.4 is 19.7 Å². The van der Waals surface area contributed by atoms with Gasteiger partial charge in [0.2, 0.25) is 0 Å². The van der Waals surface area contributed by atoms with Crippen LogP contribution in [0.15, 0.2) is 95.7 Å². The second-order valence-corrected chi connectivity index (χ2v) is 18.6. The van der Waals surface area contributed by atoms with E-state index in [1.54, 1.807) is 24.4 Å². The normalized spacial score (nSPS) is 17.7. The fourth-order valence-electron chi connectivity index (χ4n) is 8.15. The molecular formula is C44H49ClN8O7S. The number of amides is 1. The molecule has 2 saturated heterocycles. The number of halogens is 1. The van der Waals surface area contributed by atoms with E-state index in [0.717, 1.165) is 74.1 Å². The summed E-state index contributed by atoms with van der Waals surface area (Å²) in [6.07, 6.45) is 6.47. The number of ether oxygens (including phenoxy) is 2. The van der Waals surface area contributed by atoms with Crippen LogP contribution in [0.1, 0.15) is 49.0 Å². The van der Waals surface area contributed by atoms with Crippen LogP contribution in [0.25, 0.3) is 16.6 Å². The van der Waals surface area contributed by atoms with Crippen LogP contribution >= 0.6 is 11.6 Å². The first-order chi connectivity index (χ1) is 29.3. The molecule has 0 radical (unpaired) electrons. The molecule has 15 nitrogen and oxygen atoms in total. The van der Waals surface area contributed by atoms with Crippen molar-refractivity contribution < 1.29 is 27.6 Å². The number of nitrogens with one attached hydrogen (secondary N) is 3. The number of carbonyl (C=O) groups is 1. The van der Waals surface area contributed by atoms with E-state index >= 15 is 0 Å². The zero-order chi connectivity index (χ0) is 42.7. The van der Waals surface area contributed by atoms with Crippen LogP contribution in [0.4, 0.5) is 17.1 Å². The summed E-state index contributed by atoms with van der Waals surface area (Å²) in [5.74, 6) is -0.484. The molecule has 1 amide bonds. The number of aromatic nitrogens is 2. The maximum atomic E-state index is 13.9. The standard InChI is InChI=1S/C44H49ClN8O7S/c1-44(2)13-11-32(38(26-44)30-3-5-33(45)6-4-30)28-50-15-17-52(18-16-50)34-7-9-37(41(24-34)60-35-23-31-12-14-46-42(31)47-27-35)43(54)49-61(57,58)36-8-10-39(40(25-36)53(55)56)48-29-51-19-21-59-22-20-51/h3-10,12,14,23-25,27,48H,11,13,15-22,26,28-29H2,1-2H3,(H,46,47)(H,49,54). The Balaban J connectivity index is 1.00. The molecule has 61 heavy (non-hydrogen) atoms. The van der Waals surface area contributed by atoms with Crippen LogP contribution in [0, 0.1) is 15.5 Å². The van der Waals surface area contributed by atoms with Gasteiger partial charge >= 0.3 is 0 Å². The number of morpholine rings is 1. The molecule has 2 fully saturated rings.